The van der Waals surface area contributed by atoms with Crippen molar-refractivity contribution in [1.29, 1.82) is 0 Å². The van der Waals surface area contributed by atoms with Gasteiger partial charge in [0, 0.05) is 11.7 Å². The SMILES string of the molecule is COc1ccc(Nc2nc(NC(C)C)nc(Oc3ccccc3C#CC(C)(C)O)n2)cc1Cl. The van der Waals surface area contributed by atoms with Crippen LogP contribution in [0.25, 0.3) is 0 Å². The maximum atomic E-state index is 9.93. The summed E-state index contributed by atoms with van der Waals surface area (Å²) in [4.78, 5) is 13.2. The van der Waals surface area contributed by atoms with Crippen molar-refractivity contribution in [2.24, 2.45) is 0 Å². The fourth-order valence-electron chi connectivity index (χ4n) is 2.63. The van der Waals surface area contributed by atoms with E-state index >= 15 is 0 Å². The molecule has 0 aliphatic rings. The average molecular weight is 468 g/mol. The van der Waals surface area contributed by atoms with Crippen molar-refractivity contribution in [3.8, 4) is 29.4 Å². The number of ether oxygens (including phenoxy) is 2. The van der Waals surface area contributed by atoms with Gasteiger partial charge in [0.2, 0.25) is 11.9 Å². The highest BCUT2D eigenvalue weighted by Gasteiger charge is 2.13. The molecule has 0 aliphatic heterocycles. The molecule has 0 saturated carbocycles. The lowest BCUT2D eigenvalue weighted by atomic mass is 10.1. The number of hydrogen-bond acceptors (Lipinski definition) is 8. The standard InChI is InChI=1S/C24H26ClN5O3/c1-15(2)26-21-28-22(27-17-10-11-20(32-5)18(25)14-17)30-23(29-21)33-19-9-7-6-8-16(19)12-13-24(3,4)31/h6-11,14-15,31H,1-5H3,(H2,26,27,28,29,30). The van der Waals surface area contributed by atoms with E-state index in [0.29, 0.717) is 33.7 Å². The number of hydrogen-bond donors (Lipinski definition) is 3. The van der Waals surface area contributed by atoms with E-state index in [9.17, 15) is 5.11 Å². The van der Waals surface area contributed by atoms with Gasteiger partial charge in [0.25, 0.3) is 0 Å². The molecule has 0 saturated heterocycles. The lowest BCUT2D eigenvalue weighted by Gasteiger charge is -2.13. The molecule has 0 bridgehead atoms. The fourth-order valence-corrected chi connectivity index (χ4v) is 2.89. The van der Waals surface area contributed by atoms with E-state index in [1.54, 1.807) is 51.3 Å². The monoisotopic (exact) mass is 467 g/mol. The highest BCUT2D eigenvalue weighted by Crippen LogP contribution is 2.29. The summed E-state index contributed by atoms with van der Waals surface area (Å²) < 4.78 is 11.2. The Kier molecular flexibility index (Phi) is 7.59. The smallest absolute Gasteiger partial charge is 0.328 e. The van der Waals surface area contributed by atoms with Gasteiger partial charge >= 0.3 is 6.01 Å². The summed E-state index contributed by atoms with van der Waals surface area (Å²) >= 11 is 6.23. The Balaban J connectivity index is 1.94. The molecule has 3 aromatic rings. The summed E-state index contributed by atoms with van der Waals surface area (Å²) in [6, 6.07) is 12.6. The number of rotatable bonds is 7. The molecule has 2 aromatic carbocycles. The summed E-state index contributed by atoms with van der Waals surface area (Å²) in [7, 11) is 1.55. The van der Waals surface area contributed by atoms with Crippen LogP contribution in [-0.2, 0) is 0 Å². The first-order valence-corrected chi connectivity index (χ1v) is 10.7. The highest BCUT2D eigenvalue weighted by molar-refractivity contribution is 6.32. The number of halogens is 1. The van der Waals surface area contributed by atoms with Gasteiger partial charge in [-0.3, -0.25) is 0 Å². The number of para-hydroxylation sites is 1. The zero-order chi connectivity index (χ0) is 24.0. The van der Waals surface area contributed by atoms with E-state index in [4.69, 9.17) is 21.1 Å². The lowest BCUT2D eigenvalue weighted by Crippen LogP contribution is -2.14. The quantitative estimate of drug-likeness (QED) is 0.417. The number of aliphatic hydroxyl groups is 1. The molecule has 0 unspecified atom stereocenters. The van der Waals surface area contributed by atoms with Crippen LogP contribution < -0.4 is 20.1 Å². The van der Waals surface area contributed by atoms with Crippen molar-refractivity contribution >= 4 is 29.2 Å². The molecular formula is C24H26ClN5O3. The van der Waals surface area contributed by atoms with Gasteiger partial charge in [-0.2, -0.15) is 15.0 Å². The predicted octanol–water partition coefficient (Wildman–Crippen LogP) is 5.01. The van der Waals surface area contributed by atoms with E-state index in [0.717, 1.165) is 0 Å². The first-order chi connectivity index (χ1) is 15.6. The minimum absolute atomic E-state index is 0.0766. The Bertz CT molecular complexity index is 1180. The summed E-state index contributed by atoms with van der Waals surface area (Å²) in [5.41, 5.74) is 0.130. The molecule has 0 radical (unpaired) electrons. The maximum absolute atomic E-state index is 9.93. The number of nitrogens with one attached hydrogen (secondary N) is 2. The molecule has 172 valence electrons. The Morgan fingerprint density at radius 2 is 1.76 bits per heavy atom. The van der Waals surface area contributed by atoms with E-state index in [-0.39, 0.29) is 18.0 Å². The van der Waals surface area contributed by atoms with E-state index in [2.05, 4.69) is 37.4 Å². The molecule has 0 fully saturated rings. The third-order valence-electron chi connectivity index (χ3n) is 4.03. The predicted molar refractivity (Wildman–Crippen MR) is 130 cm³/mol. The lowest BCUT2D eigenvalue weighted by molar-refractivity contribution is 0.143. The molecule has 3 rings (SSSR count). The first kappa shape index (κ1) is 24.1. The van der Waals surface area contributed by atoms with Crippen LogP contribution in [0.4, 0.5) is 17.6 Å². The molecule has 9 heteroatoms. The second-order valence-corrected chi connectivity index (χ2v) is 8.35. The second kappa shape index (κ2) is 10.4. The Labute approximate surface area is 198 Å². The van der Waals surface area contributed by atoms with Crippen LogP contribution >= 0.6 is 11.6 Å². The second-order valence-electron chi connectivity index (χ2n) is 7.95. The molecular weight excluding hydrogens is 442 g/mol. The Hall–Kier alpha value is -3.54. The molecule has 8 nitrogen and oxygen atoms in total. The molecule has 3 N–H and O–H groups in total. The molecule has 0 spiro atoms. The Morgan fingerprint density at radius 3 is 2.42 bits per heavy atom. The van der Waals surface area contributed by atoms with E-state index in [1.807, 2.05) is 26.0 Å². The number of benzene rings is 2. The van der Waals surface area contributed by atoms with Gasteiger partial charge in [0.1, 0.15) is 17.1 Å². The van der Waals surface area contributed by atoms with Gasteiger partial charge in [0.15, 0.2) is 0 Å². The van der Waals surface area contributed by atoms with Crippen LogP contribution in [0.5, 0.6) is 17.5 Å². The van der Waals surface area contributed by atoms with E-state index < -0.39 is 5.60 Å². The van der Waals surface area contributed by atoms with Crippen LogP contribution in [0.2, 0.25) is 5.02 Å². The third-order valence-corrected chi connectivity index (χ3v) is 4.33. The van der Waals surface area contributed by atoms with Crippen LogP contribution in [0.3, 0.4) is 0 Å². The third kappa shape index (κ3) is 7.24. The zero-order valence-electron chi connectivity index (χ0n) is 19.1. The minimum Gasteiger partial charge on any atom is -0.495 e. The molecule has 1 aromatic heterocycles. The first-order valence-electron chi connectivity index (χ1n) is 10.3. The maximum Gasteiger partial charge on any atom is 0.328 e. The van der Waals surface area contributed by atoms with Crippen molar-refractivity contribution < 1.29 is 14.6 Å². The number of methoxy groups -OCH3 is 1. The summed E-state index contributed by atoms with van der Waals surface area (Å²) in [6.45, 7) is 7.18. The molecule has 0 amide bonds. The zero-order valence-corrected chi connectivity index (χ0v) is 19.9. The number of aromatic nitrogens is 3. The van der Waals surface area contributed by atoms with Crippen molar-refractivity contribution in [3.05, 3.63) is 53.1 Å². The van der Waals surface area contributed by atoms with Crippen molar-refractivity contribution in [1.82, 2.24) is 15.0 Å². The van der Waals surface area contributed by atoms with Gasteiger partial charge < -0.3 is 25.2 Å². The van der Waals surface area contributed by atoms with Gasteiger partial charge in [-0.05, 0) is 58.0 Å². The van der Waals surface area contributed by atoms with Crippen molar-refractivity contribution in [3.63, 3.8) is 0 Å². The molecule has 1 heterocycles. The topological polar surface area (TPSA) is 101 Å². The number of nitrogens with zero attached hydrogens (tertiary/aromatic N) is 3. The largest absolute Gasteiger partial charge is 0.495 e. The van der Waals surface area contributed by atoms with Crippen LogP contribution in [-0.4, -0.2) is 38.8 Å². The van der Waals surface area contributed by atoms with Crippen LogP contribution in [0.1, 0.15) is 33.3 Å². The summed E-state index contributed by atoms with van der Waals surface area (Å²) in [6.07, 6.45) is 0. The van der Waals surface area contributed by atoms with Crippen LogP contribution in [0, 0.1) is 11.8 Å². The van der Waals surface area contributed by atoms with Gasteiger partial charge in [-0.1, -0.05) is 35.6 Å². The molecule has 0 aliphatic carbocycles. The van der Waals surface area contributed by atoms with Crippen molar-refractivity contribution in [2.75, 3.05) is 17.7 Å². The van der Waals surface area contributed by atoms with Crippen LogP contribution in [0.15, 0.2) is 42.5 Å². The highest BCUT2D eigenvalue weighted by atomic mass is 35.5. The van der Waals surface area contributed by atoms with Crippen molar-refractivity contribution in [2.45, 2.75) is 39.3 Å². The Morgan fingerprint density at radius 1 is 1.03 bits per heavy atom. The van der Waals surface area contributed by atoms with Gasteiger partial charge in [-0.25, -0.2) is 0 Å². The normalized spacial score (nSPS) is 10.9. The minimum atomic E-state index is -1.13. The van der Waals surface area contributed by atoms with Gasteiger partial charge in [0.05, 0.1) is 17.7 Å². The summed E-state index contributed by atoms with van der Waals surface area (Å²) in [5.74, 6) is 7.35. The van der Waals surface area contributed by atoms with Gasteiger partial charge in [-0.15, -0.1) is 0 Å². The fraction of sp³-hybridized carbons (Fsp3) is 0.292. The molecule has 0 atom stereocenters. The molecule has 33 heavy (non-hydrogen) atoms. The number of anilines is 3. The summed E-state index contributed by atoms with van der Waals surface area (Å²) in [5, 5.41) is 16.6. The average Bonchev–Trinajstić information content (AvgIpc) is 2.72. The van der Waals surface area contributed by atoms with E-state index in [1.165, 1.54) is 0 Å².